The Morgan fingerprint density at radius 3 is 2.46 bits per heavy atom. The highest BCUT2D eigenvalue weighted by molar-refractivity contribution is 6.32. The van der Waals surface area contributed by atoms with Gasteiger partial charge in [0, 0.05) is 49.6 Å². The number of likely N-dealkylation sites (tertiary alicyclic amines) is 2. The average Bonchev–Trinajstić information content (AvgIpc) is 3.51. The lowest BCUT2D eigenvalue weighted by Crippen LogP contribution is -2.37. The van der Waals surface area contributed by atoms with Gasteiger partial charge in [-0.2, -0.15) is 0 Å². The summed E-state index contributed by atoms with van der Waals surface area (Å²) in [5.41, 5.74) is 1.91. The van der Waals surface area contributed by atoms with Crippen LogP contribution in [-0.4, -0.2) is 76.2 Å². The lowest BCUT2D eigenvalue weighted by molar-refractivity contribution is -0.274. The molecule has 0 radical (unpaired) electrons. The van der Waals surface area contributed by atoms with E-state index in [0.717, 1.165) is 17.6 Å². The number of H-pyrrole nitrogens is 1. The van der Waals surface area contributed by atoms with Crippen molar-refractivity contribution in [1.29, 1.82) is 0 Å². The van der Waals surface area contributed by atoms with Gasteiger partial charge in [0.1, 0.15) is 17.0 Å². The van der Waals surface area contributed by atoms with Crippen molar-refractivity contribution in [3.63, 3.8) is 0 Å². The number of rotatable bonds is 5. The zero-order valence-corrected chi connectivity index (χ0v) is 18.8. The average molecular weight is 510 g/mol. The van der Waals surface area contributed by atoms with Crippen molar-refractivity contribution in [2.24, 2.45) is 11.8 Å². The van der Waals surface area contributed by atoms with E-state index in [0.29, 0.717) is 37.3 Å². The molecule has 35 heavy (non-hydrogen) atoms. The second kappa shape index (κ2) is 8.91. The Morgan fingerprint density at radius 2 is 1.77 bits per heavy atom. The van der Waals surface area contributed by atoms with Crippen molar-refractivity contribution in [2.75, 3.05) is 32.8 Å². The fraction of sp³-hybridized carbons (Fsp3) is 0.364. The summed E-state index contributed by atoms with van der Waals surface area (Å²) in [7, 11) is 0. The molecule has 1 N–H and O–H groups in total. The molecule has 2 aliphatic rings. The maximum absolute atomic E-state index is 12.9. The molecule has 2 fully saturated rings. The number of fused-ring (bicyclic) bond motifs is 2. The molecule has 0 unspecified atom stereocenters. The lowest BCUT2D eigenvalue weighted by atomic mass is 10.0. The summed E-state index contributed by atoms with van der Waals surface area (Å²) < 4.78 is 46.2. The van der Waals surface area contributed by atoms with Crippen LogP contribution in [0.25, 0.3) is 11.0 Å². The third-order valence-corrected chi connectivity index (χ3v) is 6.48. The Hall–Kier alpha value is -3.54. The number of aromatic amines is 1. The molecule has 0 spiro atoms. The summed E-state index contributed by atoms with van der Waals surface area (Å²) in [5, 5.41) is 10.3. The molecule has 13 heteroatoms. The second-order valence-electron chi connectivity index (χ2n) is 8.50. The molecule has 2 aliphatic heterocycles. The first-order chi connectivity index (χ1) is 16.7. The summed E-state index contributed by atoms with van der Waals surface area (Å²) in [6, 6.07) is 8.46. The fourth-order valence-corrected chi connectivity index (χ4v) is 4.77. The van der Waals surface area contributed by atoms with Crippen molar-refractivity contribution in [1.82, 2.24) is 25.2 Å². The number of aromatic nitrogens is 3. The first-order valence-electron chi connectivity index (χ1n) is 10.7. The van der Waals surface area contributed by atoms with Gasteiger partial charge >= 0.3 is 6.36 Å². The van der Waals surface area contributed by atoms with E-state index >= 15 is 0 Å². The minimum atomic E-state index is -4.83. The molecule has 2 amide bonds. The topological polar surface area (TPSA) is 101 Å². The number of amides is 2. The molecule has 3 aromatic rings. The number of hydrogen-bond donors (Lipinski definition) is 1. The molecule has 2 aromatic carbocycles. The molecule has 0 saturated carbocycles. The molecule has 0 bridgehead atoms. The first kappa shape index (κ1) is 23.2. The van der Waals surface area contributed by atoms with Crippen molar-refractivity contribution >= 4 is 34.4 Å². The van der Waals surface area contributed by atoms with Crippen LogP contribution in [0.5, 0.6) is 11.5 Å². The summed E-state index contributed by atoms with van der Waals surface area (Å²) in [6.45, 7) is 1.75. The molecule has 0 aliphatic carbocycles. The number of nitrogens with one attached hydrogen (secondary N) is 1. The van der Waals surface area contributed by atoms with Crippen LogP contribution >= 0.6 is 11.6 Å². The molecule has 1 aromatic heterocycles. The van der Waals surface area contributed by atoms with Gasteiger partial charge in [0.2, 0.25) is 0 Å². The minimum absolute atomic E-state index is 0.0785. The summed E-state index contributed by atoms with van der Waals surface area (Å²) in [4.78, 5) is 29.0. The van der Waals surface area contributed by atoms with E-state index in [1.807, 2.05) is 0 Å². The Balaban J connectivity index is 1.13. The van der Waals surface area contributed by atoms with Crippen LogP contribution in [0, 0.1) is 11.8 Å². The summed E-state index contributed by atoms with van der Waals surface area (Å²) in [6.07, 6.45) is -4.83. The Bertz CT molecular complexity index is 1270. The van der Waals surface area contributed by atoms with Crippen molar-refractivity contribution in [3.05, 3.63) is 47.0 Å². The van der Waals surface area contributed by atoms with E-state index < -0.39 is 12.1 Å². The standard InChI is InChI=1S/C22H19ClF3N5O4/c23-16-6-15(35-22(24,25)26)2-4-19(16)34-11-20(32)30-7-13-9-31(10-14(13)8-30)21(33)12-1-3-17-18(5-12)28-29-27-17/h1-6,13-14H,7-11H2,(H,27,28,29)/t13-,14-/m1/s1. The zero-order valence-electron chi connectivity index (χ0n) is 18.1. The van der Waals surface area contributed by atoms with Gasteiger partial charge in [-0.05, 0) is 30.3 Å². The normalized spacial score (nSPS) is 19.8. The van der Waals surface area contributed by atoms with E-state index in [9.17, 15) is 22.8 Å². The highest BCUT2D eigenvalue weighted by Gasteiger charge is 2.43. The molecule has 5 rings (SSSR count). The summed E-state index contributed by atoms with van der Waals surface area (Å²) in [5.74, 6) is -0.441. The monoisotopic (exact) mass is 509 g/mol. The molecular weight excluding hydrogens is 491 g/mol. The van der Waals surface area contributed by atoms with Crippen LogP contribution < -0.4 is 9.47 Å². The highest BCUT2D eigenvalue weighted by Crippen LogP contribution is 2.34. The predicted octanol–water partition coefficient (Wildman–Crippen LogP) is 3.12. The van der Waals surface area contributed by atoms with Gasteiger partial charge in [0.15, 0.2) is 6.61 Å². The largest absolute Gasteiger partial charge is 0.573 e. The van der Waals surface area contributed by atoms with Crippen LogP contribution in [0.15, 0.2) is 36.4 Å². The van der Waals surface area contributed by atoms with E-state index in [-0.39, 0.29) is 41.0 Å². The van der Waals surface area contributed by atoms with Crippen LogP contribution in [-0.2, 0) is 4.79 Å². The van der Waals surface area contributed by atoms with Crippen LogP contribution in [0.1, 0.15) is 10.4 Å². The molecule has 9 nitrogen and oxygen atoms in total. The zero-order chi connectivity index (χ0) is 24.7. The number of benzene rings is 2. The van der Waals surface area contributed by atoms with E-state index in [1.54, 1.807) is 28.0 Å². The molecule has 184 valence electrons. The number of halogens is 4. The van der Waals surface area contributed by atoms with Gasteiger partial charge in [0.05, 0.1) is 10.5 Å². The lowest BCUT2D eigenvalue weighted by Gasteiger charge is -2.22. The number of ether oxygens (including phenoxy) is 2. The van der Waals surface area contributed by atoms with Gasteiger partial charge in [-0.15, -0.1) is 18.3 Å². The fourth-order valence-electron chi connectivity index (χ4n) is 4.55. The van der Waals surface area contributed by atoms with Crippen LogP contribution in [0.4, 0.5) is 13.2 Å². The third kappa shape index (κ3) is 4.97. The number of carbonyl (C=O) groups excluding carboxylic acids is 2. The Labute approximate surface area is 201 Å². The van der Waals surface area contributed by atoms with Crippen LogP contribution in [0.2, 0.25) is 5.02 Å². The number of nitrogens with zero attached hydrogens (tertiary/aromatic N) is 4. The minimum Gasteiger partial charge on any atom is -0.482 e. The molecular formula is C22H19ClF3N5O4. The van der Waals surface area contributed by atoms with Gasteiger partial charge in [0.25, 0.3) is 11.8 Å². The van der Waals surface area contributed by atoms with Crippen LogP contribution in [0.3, 0.4) is 0 Å². The number of alkyl halides is 3. The Kier molecular flexibility index (Phi) is 5.91. The van der Waals surface area contributed by atoms with Gasteiger partial charge < -0.3 is 19.3 Å². The first-order valence-corrected chi connectivity index (χ1v) is 11.1. The predicted molar refractivity (Wildman–Crippen MR) is 117 cm³/mol. The van der Waals surface area contributed by atoms with Gasteiger partial charge in [-0.25, -0.2) is 0 Å². The third-order valence-electron chi connectivity index (χ3n) is 6.19. The smallest absolute Gasteiger partial charge is 0.482 e. The SMILES string of the molecule is O=C(COc1ccc(OC(F)(F)F)cc1Cl)N1C[C@@H]2CN(C(=O)c3ccc4[nH]nnc4c3)C[C@H]2C1. The maximum Gasteiger partial charge on any atom is 0.573 e. The number of hydrogen-bond acceptors (Lipinski definition) is 6. The molecule has 2 atom stereocenters. The summed E-state index contributed by atoms with van der Waals surface area (Å²) >= 11 is 5.96. The van der Waals surface area contributed by atoms with E-state index in [2.05, 4.69) is 20.1 Å². The number of carbonyl (C=O) groups is 2. The van der Waals surface area contributed by atoms with Crippen molar-refractivity contribution in [2.45, 2.75) is 6.36 Å². The van der Waals surface area contributed by atoms with E-state index in [4.69, 9.17) is 16.3 Å². The van der Waals surface area contributed by atoms with Gasteiger partial charge in [-0.1, -0.05) is 16.8 Å². The molecule has 3 heterocycles. The molecule has 2 saturated heterocycles. The quantitative estimate of drug-likeness (QED) is 0.567. The maximum atomic E-state index is 12.9. The van der Waals surface area contributed by atoms with Crippen molar-refractivity contribution in [3.8, 4) is 11.5 Å². The van der Waals surface area contributed by atoms with Crippen molar-refractivity contribution < 1.29 is 32.2 Å². The Morgan fingerprint density at radius 1 is 1.06 bits per heavy atom. The second-order valence-corrected chi connectivity index (χ2v) is 8.91. The van der Waals surface area contributed by atoms with Gasteiger partial charge in [-0.3, -0.25) is 14.7 Å². The highest BCUT2D eigenvalue weighted by atomic mass is 35.5. The van der Waals surface area contributed by atoms with E-state index in [1.165, 1.54) is 6.07 Å².